The summed E-state index contributed by atoms with van der Waals surface area (Å²) < 4.78 is 0. The molecule has 0 spiro atoms. The molecule has 0 unspecified atom stereocenters. The molecule has 0 aromatic carbocycles. The van der Waals surface area contributed by atoms with Gasteiger partial charge in [-0.1, -0.05) is 0 Å². The normalized spacial score (nSPS) is 10.7. The van der Waals surface area contributed by atoms with E-state index < -0.39 is 0 Å². The Kier molecular flexibility index (Phi) is 6.58. The predicted molar refractivity (Wildman–Crippen MR) is 45.3 cm³/mol. The second-order valence-electron chi connectivity index (χ2n) is 2.28. The lowest BCUT2D eigenvalue weighted by Crippen LogP contribution is -2.27. The highest BCUT2D eigenvalue weighted by Crippen LogP contribution is 1.71. The Morgan fingerprint density at radius 3 is 2.44 bits per heavy atom. The van der Waals surface area contributed by atoms with E-state index in [0.29, 0.717) is 0 Å². The number of nitrogens with zero attached hydrogens (tertiary/aromatic N) is 1. The van der Waals surface area contributed by atoms with Crippen LogP contribution in [0.4, 0.5) is 0 Å². The summed E-state index contributed by atoms with van der Waals surface area (Å²) in [5.74, 6) is 0.924. The molecule has 0 fully saturated rings. The van der Waals surface area contributed by atoms with Crippen molar-refractivity contribution in [2.75, 3.05) is 39.5 Å². The standard InChI is InChI=1S/C6H16N2S/c1-8(2)5-3-7-4-6-9/h7,9H,3-6H2,1-2H3. The molecule has 9 heavy (non-hydrogen) atoms. The third kappa shape index (κ3) is 8.27. The van der Waals surface area contributed by atoms with Crippen molar-refractivity contribution < 1.29 is 0 Å². The van der Waals surface area contributed by atoms with Crippen LogP contribution < -0.4 is 5.32 Å². The van der Waals surface area contributed by atoms with Gasteiger partial charge in [-0.2, -0.15) is 12.6 Å². The second kappa shape index (κ2) is 6.39. The van der Waals surface area contributed by atoms with Gasteiger partial charge in [0.1, 0.15) is 0 Å². The van der Waals surface area contributed by atoms with E-state index in [9.17, 15) is 0 Å². The first kappa shape index (κ1) is 9.27. The molecule has 0 atom stereocenters. The third-order valence-corrected chi connectivity index (χ3v) is 1.25. The van der Waals surface area contributed by atoms with E-state index >= 15 is 0 Å². The molecule has 0 aliphatic carbocycles. The molecule has 56 valence electrons. The molecule has 3 heteroatoms. The first-order valence-electron chi connectivity index (χ1n) is 3.23. The Bertz CT molecular complexity index is 57.0. The Hall–Kier alpha value is 0.270. The average molecular weight is 148 g/mol. The van der Waals surface area contributed by atoms with E-state index in [-0.39, 0.29) is 0 Å². The molecule has 0 saturated heterocycles. The maximum atomic E-state index is 4.07. The van der Waals surface area contributed by atoms with Crippen molar-refractivity contribution in [1.82, 2.24) is 10.2 Å². The van der Waals surface area contributed by atoms with Gasteiger partial charge in [0.2, 0.25) is 0 Å². The van der Waals surface area contributed by atoms with Crippen molar-refractivity contribution >= 4 is 12.6 Å². The van der Waals surface area contributed by atoms with E-state index in [4.69, 9.17) is 0 Å². The van der Waals surface area contributed by atoms with Crippen LogP contribution in [0.25, 0.3) is 0 Å². The van der Waals surface area contributed by atoms with E-state index in [0.717, 1.165) is 25.4 Å². The first-order chi connectivity index (χ1) is 4.27. The molecule has 0 amide bonds. The zero-order valence-electron chi connectivity index (χ0n) is 6.22. The predicted octanol–water partition coefficient (Wildman–Crippen LogP) is 0.0674. The van der Waals surface area contributed by atoms with Crippen molar-refractivity contribution in [3.8, 4) is 0 Å². The zero-order valence-corrected chi connectivity index (χ0v) is 7.12. The smallest absolute Gasteiger partial charge is 0.0101 e. The third-order valence-electron chi connectivity index (χ3n) is 1.02. The van der Waals surface area contributed by atoms with Gasteiger partial charge in [-0.05, 0) is 14.1 Å². The van der Waals surface area contributed by atoms with Crippen molar-refractivity contribution in [2.45, 2.75) is 0 Å². The van der Waals surface area contributed by atoms with Gasteiger partial charge in [0.25, 0.3) is 0 Å². The lowest BCUT2D eigenvalue weighted by atomic mass is 10.5. The summed E-state index contributed by atoms with van der Waals surface area (Å²) in [5.41, 5.74) is 0. The molecular formula is C6H16N2S. The molecule has 2 nitrogen and oxygen atoms in total. The monoisotopic (exact) mass is 148 g/mol. The van der Waals surface area contributed by atoms with E-state index in [1.165, 1.54) is 0 Å². The number of nitrogens with one attached hydrogen (secondary N) is 1. The summed E-state index contributed by atoms with van der Waals surface area (Å²) >= 11 is 4.07. The Labute approximate surface area is 63.0 Å². The minimum atomic E-state index is 0.924. The van der Waals surface area contributed by atoms with Gasteiger partial charge < -0.3 is 10.2 Å². The molecule has 0 bridgehead atoms. The van der Waals surface area contributed by atoms with Crippen molar-refractivity contribution in [1.29, 1.82) is 0 Å². The van der Waals surface area contributed by atoms with E-state index in [2.05, 4.69) is 36.9 Å². The van der Waals surface area contributed by atoms with Crippen LogP contribution in [0.5, 0.6) is 0 Å². The molecule has 0 radical (unpaired) electrons. The summed E-state index contributed by atoms with van der Waals surface area (Å²) in [7, 11) is 4.14. The maximum Gasteiger partial charge on any atom is 0.0101 e. The van der Waals surface area contributed by atoms with Crippen LogP contribution in [0.2, 0.25) is 0 Å². The fourth-order valence-electron chi connectivity index (χ4n) is 0.507. The average Bonchev–Trinajstić information content (AvgIpc) is 1.80. The van der Waals surface area contributed by atoms with Gasteiger partial charge in [0.05, 0.1) is 0 Å². The highest BCUT2D eigenvalue weighted by atomic mass is 32.1. The van der Waals surface area contributed by atoms with Gasteiger partial charge in [-0.3, -0.25) is 0 Å². The fraction of sp³-hybridized carbons (Fsp3) is 1.00. The minimum absolute atomic E-state index is 0.924. The zero-order chi connectivity index (χ0) is 7.11. The van der Waals surface area contributed by atoms with Crippen LogP contribution in [-0.2, 0) is 0 Å². The van der Waals surface area contributed by atoms with Crippen LogP contribution in [0.15, 0.2) is 0 Å². The van der Waals surface area contributed by atoms with Crippen molar-refractivity contribution in [2.24, 2.45) is 0 Å². The second-order valence-corrected chi connectivity index (χ2v) is 2.72. The fourth-order valence-corrected chi connectivity index (χ4v) is 0.665. The van der Waals surface area contributed by atoms with E-state index in [1.807, 2.05) is 0 Å². The van der Waals surface area contributed by atoms with Gasteiger partial charge in [0.15, 0.2) is 0 Å². The van der Waals surface area contributed by atoms with Gasteiger partial charge in [-0.15, -0.1) is 0 Å². The molecule has 0 heterocycles. The highest BCUT2D eigenvalue weighted by Gasteiger charge is 1.86. The summed E-state index contributed by atoms with van der Waals surface area (Å²) in [6.07, 6.45) is 0. The molecule has 0 rings (SSSR count). The topological polar surface area (TPSA) is 15.3 Å². The van der Waals surface area contributed by atoms with Crippen LogP contribution in [0.3, 0.4) is 0 Å². The number of thiol groups is 1. The Morgan fingerprint density at radius 2 is 2.00 bits per heavy atom. The Balaban J connectivity index is 2.75. The molecule has 0 saturated carbocycles. The molecule has 0 aromatic heterocycles. The summed E-state index contributed by atoms with van der Waals surface area (Å²) in [5, 5.41) is 3.25. The van der Waals surface area contributed by atoms with E-state index in [1.54, 1.807) is 0 Å². The first-order valence-corrected chi connectivity index (χ1v) is 3.87. The molecule has 0 aliphatic rings. The number of rotatable bonds is 5. The molecule has 0 aliphatic heterocycles. The van der Waals surface area contributed by atoms with Crippen LogP contribution in [0.1, 0.15) is 0 Å². The quantitative estimate of drug-likeness (QED) is 0.424. The van der Waals surface area contributed by atoms with Crippen molar-refractivity contribution in [3.05, 3.63) is 0 Å². The minimum Gasteiger partial charge on any atom is -0.315 e. The number of hydrogen-bond acceptors (Lipinski definition) is 3. The lowest BCUT2D eigenvalue weighted by molar-refractivity contribution is 0.403. The molecular weight excluding hydrogens is 132 g/mol. The summed E-state index contributed by atoms with van der Waals surface area (Å²) in [6, 6.07) is 0. The highest BCUT2D eigenvalue weighted by molar-refractivity contribution is 7.80. The number of likely N-dealkylation sites (N-methyl/N-ethyl adjacent to an activating group) is 1. The van der Waals surface area contributed by atoms with Crippen LogP contribution >= 0.6 is 12.6 Å². The summed E-state index contributed by atoms with van der Waals surface area (Å²) in [6.45, 7) is 3.18. The van der Waals surface area contributed by atoms with Gasteiger partial charge in [-0.25, -0.2) is 0 Å². The molecule has 0 aromatic rings. The van der Waals surface area contributed by atoms with Crippen LogP contribution in [0, 0.1) is 0 Å². The summed E-state index contributed by atoms with van der Waals surface area (Å²) in [4.78, 5) is 2.16. The van der Waals surface area contributed by atoms with Crippen LogP contribution in [-0.4, -0.2) is 44.4 Å². The number of hydrogen-bond donors (Lipinski definition) is 2. The SMILES string of the molecule is CN(C)CCNCCS. The van der Waals surface area contributed by atoms with Crippen molar-refractivity contribution in [3.63, 3.8) is 0 Å². The maximum absolute atomic E-state index is 4.07. The Morgan fingerprint density at radius 1 is 1.33 bits per heavy atom. The van der Waals surface area contributed by atoms with Gasteiger partial charge >= 0.3 is 0 Å². The lowest BCUT2D eigenvalue weighted by Gasteiger charge is -2.08. The van der Waals surface area contributed by atoms with Gasteiger partial charge in [0, 0.05) is 25.4 Å². The molecule has 1 N–H and O–H groups in total. The largest absolute Gasteiger partial charge is 0.315 e.